The van der Waals surface area contributed by atoms with Gasteiger partial charge in [0.2, 0.25) is 5.91 Å². The summed E-state index contributed by atoms with van der Waals surface area (Å²) in [5.41, 5.74) is 0.981. The van der Waals surface area contributed by atoms with E-state index < -0.39 is 15.1 Å². The van der Waals surface area contributed by atoms with Crippen molar-refractivity contribution in [2.24, 2.45) is 0 Å². The molecule has 1 atom stereocenters. The zero-order chi connectivity index (χ0) is 16.9. The van der Waals surface area contributed by atoms with E-state index in [4.69, 9.17) is 4.42 Å². The van der Waals surface area contributed by atoms with E-state index in [1.165, 1.54) is 6.26 Å². The molecular weight excluding hydrogens is 314 g/mol. The lowest BCUT2D eigenvalue weighted by Gasteiger charge is -2.16. The molecule has 0 saturated carbocycles. The summed E-state index contributed by atoms with van der Waals surface area (Å²) in [5.74, 6) is 0.158. The predicted octanol–water partition coefficient (Wildman–Crippen LogP) is 3.02. The van der Waals surface area contributed by atoms with E-state index in [-0.39, 0.29) is 17.3 Å². The molecule has 0 bridgehead atoms. The van der Waals surface area contributed by atoms with Crippen LogP contribution in [0.3, 0.4) is 0 Å². The molecule has 23 heavy (non-hydrogen) atoms. The molecule has 1 heterocycles. The molecule has 1 amide bonds. The average molecular weight is 335 g/mol. The fourth-order valence-corrected chi connectivity index (χ4v) is 3.84. The van der Waals surface area contributed by atoms with Gasteiger partial charge in [-0.3, -0.25) is 4.79 Å². The topological polar surface area (TPSA) is 76.4 Å². The number of benzene rings is 1. The molecule has 1 aromatic heterocycles. The Morgan fingerprint density at radius 3 is 2.48 bits per heavy atom. The third-order valence-electron chi connectivity index (χ3n) is 3.55. The van der Waals surface area contributed by atoms with E-state index in [0.717, 1.165) is 5.56 Å². The Morgan fingerprint density at radius 2 is 1.91 bits per heavy atom. The van der Waals surface area contributed by atoms with Crippen molar-refractivity contribution < 1.29 is 17.6 Å². The van der Waals surface area contributed by atoms with Gasteiger partial charge in [-0.1, -0.05) is 24.6 Å². The standard InChI is InChI=1S/C17H21NO4S/c1-3-5-17(19)18-12-16(15-6-4-11-22-15)23(20,21)14-9-7-13(2)8-10-14/h4,6-11,16H,3,5,12H2,1-2H3,(H,18,19)/t16-/m1/s1. The lowest BCUT2D eigenvalue weighted by atomic mass is 10.2. The molecule has 2 aromatic rings. The number of aryl methyl sites for hydroxylation is 1. The normalized spacial score (nSPS) is 12.8. The monoisotopic (exact) mass is 335 g/mol. The molecule has 0 aliphatic carbocycles. The van der Waals surface area contributed by atoms with Gasteiger partial charge in [0.15, 0.2) is 9.84 Å². The fourth-order valence-electron chi connectivity index (χ4n) is 2.25. The van der Waals surface area contributed by atoms with Crippen LogP contribution in [0.5, 0.6) is 0 Å². The molecule has 6 heteroatoms. The molecule has 2 rings (SSSR count). The smallest absolute Gasteiger partial charge is 0.220 e. The Balaban J connectivity index is 2.29. The second-order valence-electron chi connectivity index (χ2n) is 5.42. The van der Waals surface area contributed by atoms with Crippen molar-refractivity contribution in [1.82, 2.24) is 5.32 Å². The number of rotatable bonds is 7. The molecule has 0 saturated heterocycles. The van der Waals surface area contributed by atoms with Crippen LogP contribution in [0.15, 0.2) is 52.0 Å². The predicted molar refractivity (Wildman–Crippen MR) is 87.7 cm³/mol. The zero-order valence-electron chi connectivity index (χ0n) is 13.3. The lowest BCUT2D eigenvalue weighted by Crippen LogP contribution is -2.31. The molecule has 1 aromatic carbocycles. The van der Waals surface area contributed by atoms with Crippen LogP contribution in [0.2, 0.25) is 0 Å². The molecule has 124 valence electrons. The van der Waals surface area contributed by atoms with E-state index in [9.17, 15) is 13.2 Å². The highest BCUT2D eigenvalue weighted by Crippen LogP contribution is 2.29. The van der Waals surface area contributed by atoms with Crippen LogP contribution in [-0.2, 0) is 14.6 Å². The molecular formula is C17H21NO4S. The Hall–Kier alpha value is -2.08. The van der Waals surface area contributed by atoms with Crippen molar-refractivity contribution in [3.8, 4) is 0 Å². The first-order valence-corrected chi connectivity index (χ1v) is 9.10. The summed E-state index contributed by atoms with van der Waals surface area (Å²) >= 11 is 0. The van der Waals surface area contributed by atoms with Crippen LogP contribution in [0.25, 0.3) is 0 Å². The summed E-state index contributed by atoms with van der Waals surface area (Å²) in [6, 6.07) is 9.91. The Bertz CT molecular complexity index is 733. The van der Waals surface area contributed by atoms with Crippen LogP contribution >= 0.6 is 0 Å². The number of nitrogens with one attached hydrogen (secondary N) is 1. The molecule has 0 unspecified atom stereocenters. The highest BCUT2D eigenvalue weighted by Gasteiger charge is 2.31. The largest absolute Gasteiger partial charge is 0.468 e. The number of carbonyl (C=O) groups excluding carboxylic acids is 1. The van der Waals surface area contributed by atoms with Crippen molar-refractivity contribution >= 4 is 15.7 Å². The summed E-state index contributed by atoms with van der Waals surface area (Å²) in [6.45, 7) is 3.78. The van der Waals surface area contributed by atoms with Crippen molar-refractivity contribution in [3.05, 3.63) is 54.0 Å². The first-order valence-electron chi connectivity index (χ1n) is 7.55. The second-order valence-corrected chi connectivity index (χ2v) is 7.55. The summed E-state index contributed by atoms with van der Waals surface area (Å²) in [4.78, 5) is 11.9. The number of amides is 1. The van der Waals surface area contributed by atoms with E-state index in [0.29, 0.717) is 18.6 Å². The molecule has 0 radical (unpaired) electrons. The Labute approximate surface area is 136 Å². The first-order chi connectivity index (χ1) is 10.9. The van der Waals surface area contributed by atoms with Crippen LogP contribution in [0.4, 0.5) is 0 Å². The third kappa shape index (κ3) is 4.22. The van der Waals surface area contributed by atoms with Gasteiger partial charge in [0, 0.05) is 13.0 Å². The van der Waals surface area contributed by atoms with Gasteiger partial charge in [0.05, 0.1) is 11.2 Å². The van der Waals surface area contributed by atoms with Crippen molar-refractivity contribution in [3.63, 3.8) is 0 Å². The average Bonchev–Trinajstić information content (AvgIpc) is 3.02. The SMILES string of the molecule is CCCC(=O)NC[C@H](c1ccco1)S(=O)(=O)c1ccc(C)cc1. The lowest BCUT2D eigenvalue weighted by molar-refractivity contribution is -0.121. The zero-order valence-corrected chi connectivity index (χ0v) is 14.1. The van der Waals surface area contributed by atoms with Gasteiger partial charge in [0.1, 0.15) is 11.0 Å². The summed E-state index contributed by atoms with van der Waals surface area (Å²) < 4.78 is 31.1. The second kappa shape index (κ2) is 7.46. The molecule has 0 fully saturated rings. The number of carbonyl (C=O) groups is 1. The molecule has 0 spiro atoms. The minimum absolute atomic E-state index is 0.0114. The van der Waals surface area contributed by atoms with E-state index in [2.05, 4.69) is 5.32 Å². The number of furan rings is 1. The number of sulfone groups is 1. The van der Waals surface area contributed by atoms with Gasteiger partial charge in [0.25, 0.3) is 0 Å². The van der Waals surface area contributed by atoms with Crippen LogP contribution in [-0.4, -0.2) is 20.9 Å². The van der Waals surface area contributed by atoms with Crippen molar-refractivity contribution in [1.29, 1.82) is 0 Å². The Kier molecular flexibility index (Phi) is 5.60. The van der Waals surface area contributed by atoms with E-state index in [1.807, 2.05) is 13.8 Å². The number of hydrogen-bond donors (Lipinski definition) is 1. The van der Waals surface area contributed by atoms with Gasteiger partial charge < -0.3 is 9.73 Å². The molecule has 0 aliphatic heterocycles. The summed E-state index contributed by atoms with van der Waals surface area (Å²) in [7, 11) is -3.66. The molecule has 1 N–H and O–H groups in total. The maximum absolute atomic E-state index is 12.9. The van der Waals surface area contributed by atoms with Gasteiger partial charge in [-0.25, -0.2) is 8.42 Å². The van der Waals surface area contributed by atoms with Crippen LogP contribution in [0.1, 0.15) is 36.3 Å². The van der Waals surface area contributed by atoms with Crippen molar-refractivity contribution in [2.45, 2.75) is 36.8 Å². The van der Waals surface area contributed by atoms with Crippen molar-refractivity contribution in [2.75, 3.05) is 6.54 Å². The van der Waals surface area contributed by atoms with Crippen LogP contribution < -0.4 is 5.32 Å². The van der Waals surface area contributed by atoms with Gasteiger partial charge in [-0.2, -0.15) is 0 Å². The van der Waals surface area contributed by atoms with Gasteiger partial charge in [-0.15, -0.1) is 0 Å². The van der Waals surface area contributed by atoms with Gasteiger partial charge in [-0.05, 0) is 37.6 Å². The maximum Gasteiger partial charge on any atom is 0.220 e. The molecule has 5 nitrogen and oxygen atoms in total. The highest BCUT2D eigenvalue weighted by molar-refractivity contribution is 7.91. The van der Waals surface area contributed by atoms with Crippen LogP contribution in [0, 0.1) is 6.92 Å². The molecule has 0 aliphatic rings. The van der Waals surface area contributed by atoms with Gasteiger partial charge >= 0.3 is 0 Å². The van der Waals surface area contributed by atoms with E-state index >= 15 is 0 Å². The summed E-state index contributed by atoms with van der Waals surface area (Å²) in [5, 5.41) is 1.74. The van der Waals surface area contributed by atoms with E-state index in [1.54, 1.807) is 36.4 Å². The summed E-state index contributed by atoms with van der Waals surface area (Å²) in [6.07, 6.45) is 2.51. The maximum atomic E-state index is 12.9. The first kappa shape index (κ1) is 17.3. The highest BCUT2D eigenvalue weighted by atomic mass is 32.2. The Morgan fingerprint density at radius 1 is 1.22 bits per heavy atom. The fraction of sp³-hybridized carbons (Fsp3) is 0.353. The minimum Gasteiger partial charge on any atom is -0.468 e. The quantitative estimate of drug-likeness (QED) is 0.844. The third-order valence-corrected chi connectivity index (χ3v) is 5.62. The minimum atomic E-state index is -3.66. The number of hydrogen-bond acceptors (Lipinski definition) is 4.